The maximum Gasteiger partial charge on any atom is 0.181 e. The number of hydrogen-bond acceptors (Lipinski definition) is 3. The SMILES string of the molecule is CN1CCC(=O)c2c(ccn2CCCCCl)S1. The summed E-state index contributed by atoms with van der Waals surface area (Å²) in [6, 6.07) is 2.04. The van der Waals surface area contributed by atoms with Crippen molar-refractivity contribution in [3.8, 4) is 0 Å². The van der Waals surface area contributed by atoms with Gasteiger partial charge in [0.05, 0.1) is 10.6 Å². The fourth-order valence-corrected chi connectivity index (χ4v) is 3.12. The number of carbonyl (C=O) groups excluding carboxylic acids is 1. The van der Waals surface area contributed by atoms with Gasteiger partial charge < -0.3 is 4.57 Å². The summed E-state index contributed by atoms with van der Waals surface area (Å²) in [7, 11) is 2.03. The number of aryl methyl sites for hydroxylation is 1. The number of halogens is 1. The molecule has 0 fully saturated rings. The zero-order chi connectivity index (χ0) is 12.3. The lowest BCUT2D eigenvalue weighted by Crippen LogP contribution is -2.13. The number of carbonyl (C=O) groups is 1. The molecular weight excluding hydrogens is 256 g/mol. The Morgan fingerprint density at radius 1 is 1.47 bits per heavy atom. The van der Waals surface area contributed by atoms with E-state index in [-0.39, 0.29) is 5.78 Å². The van der Waals surface area contributed by atoms with Crippen molar-refractivity contribution in [3.05, 3.63) is 18.0 Å². The van der Waals surface area contributed by atoms with E-state index < -0.39 is 0 Å². The number of Topliss-reactive ketones (excluding diaryl/α,β-unsaturated/α-hetero) is 1. The summed E-state index contributed by atoms with van der Waals surface area (Å²) in [6.07, 6.45) is 4.65. The Morgan fingerprint density at radius 3 is 3.06 bits per heavy atom. The van der Waals surface area contributed by atoms with E-state index in [1.807, 2.05) is 19.3 Å². The molecule has 1 aromatic heterocycles. The predicted molar refractivity (Wildman–Crippen MR) is 71.8 cm³/mol. The van der Waals surface area contributed by atoms with Crippen molar-refractivity contribution in [3.63, 3.8) is 0 Å². The average Bonchev–Trinajstić information content (AvgIpc) is 2.63. The molecule has 1 aliphatic rings. The number of nitrogens with zero attached hydrogens (tertiary/aromatic N) is 2. The summed E-state index contributed by atoms with van der Waals surface area (Å²) in [5.41, 5.74) is 0.883. The van der Waals surface area contributed by atoms with Gasteiger partial charge in [-0.3, -0.25) is 4.79 Å². The minimum absolute atomic E-state index is 0.257. The lowest BCUT2D eigenvalue weighted by Gasteiger charge is -2.09. The van der Waals surface area contributed by atoms with Gasteiger partial charge in [-0.1, -0.05) is 0 Å². The lowest BCUT2D eigenvalue weighted by molar-refractivity contribution is 0.0968. The minimum Gasteiger partial charge on any atom is -0.344 e. The molecule has 2 heterocycles. The average molecular weight is 273 g/mol. The van der Waals surface area contributed by atoms with E-state index in [2.05, 4.69) is 8.87 Å². The molecule has 1 aliphatic heterocycles. The van der Waals surface area contributed by atoms with Crippen molar-refractivity contribution >= 4 is 29.3 Å². The zero-order valence-corrected chi connectivity index (χ0v) is 11.6. The highest BCUT2D eigenvalue weighted by molar-refractivity contribution is 7.97. The summed E-state index contributed by atoms with van der Waals surface area (Å²) in [6.45, 7) is 1.71. The summed E-state index contributed by atoms with van der Waals surface area (Å²) in [5.74, 6) is 0.947. The van der Waals surface area contributed by atoms with Crippen LogP contribution in [0.2, 0.25) is 0 Å². The molecule has 0 N–H and O–H groups in total. The third kappa shape index (κ3) is 3.06. The first-order chi connectivity index (χ1) is 8.22. The van der Waals surface area contributed by atoms with Crippen LogP contribution in [0.15, 0.2) is 17.2 Å². The molecule has 0 amide bonds. The van der Waals surface area contributed by atoms with E-state index >= 15 is 0 Å². The highest BCUT2D eigenvalue weighted by Crippen LogP contribution is 2.30. The van der Waals surface area contributed by atoms with Gasteiger partial charge in [0.25, 0.3) is 0 Å². The Hall–Kier alpha value is -0.450. The van der Waals surface area contributed by atoms with Crippen molar-refractivity contribution < 1.29 is 4.79 Å². The molecule has 0 atom stereocenters. The molecule has 3 nitrogen and oxygen atoms in total. The topological polar surface area (TPSA) is 25.2 Å². The largest absolute Gasteiger partial charge is 0.344 e. The monoisotopic (exact) mass is 272 g/mol. The van der Waals surface area contributed by atoms with Crippen LogP contribution in [0.4, 0.5) is 0 Å². The van der Waals surface area contributed by atoms with Gasteiger partial charge in [0.1, 0.15) is 0 Å². The third-order valence-electron chi connectivity index (χ3n) is 2.88. The van der Waals surface area contributed by atoms with Crippen LogP contribution in [-0.4, -0.2) is 34.1 Å². The Labute approximate surface area is 111 Å². The van der Waals surface area contributed by atoms with Gasteiger partial charge in [-0.15, -0.1) is 11.6 Å². The van der Waals surface area contributed by atoms with Gasteiger partial charge in [-0.2, -0.15) is 0 Å². The molecule has 0 spiro atoms. The Morgan fingerprint density at radius 2 is 2.29 bits per heavy atom. The van der Waals surface area contributed by atoms with Crippen molar-refractivity contribution in [1.82, 2.24) is 8.87 Å². The number of alkyl halides is 1. The summed E-state index contributed by atoms with van der Waals surface area (Å²) < 4.78 is 4.20. The van der Waals surface area contributed by atoms with Crippen LogP contribution in [0.5, 0.6) is 0 Å². The first kappa shape index (κ1) is 13.0. The summed E-state index contributed by atoms with van der Waals surface area (Å²) in [4.78, 5) is 13.2. The van der Waals surface area contributed by atoms with E-state index in [4.69, 9.17) is 11.6 Å². The van der Waals surface area contributed by atoms with Gasteiger partial charge in [0.15, 0.2) is 5.78 Å². The second kappa shape index (κ2) is 5.94. The standard InChI is InChI=1S/C12H17ClN2OS/c1-14-8-4-10(16)12-11(17-14)5-9-15(12)7-3-2-6-13/h5,9H,2-4,6-8H2,1H3. The van der Waals surface area contributed by atoms with Crippen molar-refractivity contribution in [2.75, 3.05) is 19.5 Å². The number of rotatable bonds is 4. The first-order valence-corrected chi connectivity index (χ1v) is 7.20. The maximum absolute atomic E-state index is 12.1. The van der Waals surface area contributed by atoms with Crippen LogP contribution in [0.25, 0.3) is 0 Å². The number of ketones is 1. The fraction of sp³-hybridized carbons (Fsp3) is 0.583. The molecule has 17 heavy (non-hydrogen) atoms. The molecule has 0 unspecified atom stereocenters. The number of fused-ring (bicyclic) bond motifs is 1. The van der Waals surface area contributed by atoms with Gasteiger partial charge >= 0.3 is 0 Å². The molecule has 0 bridgehead atoms. The fourth-order valence-electron chi connectivity index (χ4n) is 1.98. The third-order valence-corrected chi connectivity index (χ3v) is 4.17. The van der Waals surface area contributed by atoms with Crippen LogP contribution in [0.3, 0.4) is 0 Å². The summed E-state index contributed by atoms with van der Waals surface area (Å²) in [5, 5.41) is 0. The minimum atomic E-state index is 0.257. The van der Waals surface area contributed by atoms with Gasteiger partial charge in [-0.05, 0) is 37.9 Å². The molecule has 0 aliphatic carbocycles. The molecule has 0 saturated heterocycles. The van der Waals surface area contributed by atoms with Crippen molar-refractivity contribution in [2.45, 2.75) is 30.7 Å². The van der Waals surface area contributed by atoms with Crippen molar-refractivity contribution in [2.24, 2.45) is 0 Å². The lowest BCUT2D eigenvalue weighted by atomic mass is 10.2. The maximum atomic E-state index is 12.1. The Bertz CT molecular complexity index is 405. The van der Waals surface area contributed by atoms with E-state index in [9.17, 15) is 4.79 Å². The van der Waals surface area contributed by atoms with Gasteiger partial charge in [0, 0.05) is 31.6 Å². The Kier molecular flexibility index (Phi) is 4.54. The quantitative estimate of drug-likeness (QED) is 0.479. The number of aromatic nitrogens is 1. The number of unbranched alkanes of at least 4 members (excludes halogenated alkanes) is 1. The molecular formula is C12H17ClN2OS. The highest BCUT2D eigenvalue weighted by Gasteiger charge is 2.22. The van der Waals surface area contributed by atoms with Gasteiger partial charge in [-0.25, -0.2) is 4.31 Å². The van der Waals surface area contributed by atoms with E-state index in [1.165, 1.54) is 0 Å². The van der Waals surface area contributed by atoms with Crippen LogP contribution in [0, 0.1) is 0 Å². The molecule has 0 radical (unpaired) electrons. The van der Waals surface area contributed by atoms with Crippen LogP contribution >= 0.6 is 23.5 Å². The van der Waals surface area contributed by atoms with Crippen molar-refractivity contribution in [1.29, 1.82) is 0 Å². The van der Waals surface area contributed by atoms with E-state index in [0.29, 0.717) is 12.3 Å². The van der Waals surface area contributed by atoms with Crippen LogP contribution < -0.4 is 0 Å². The van der Waals surface area contributed by atoms with Crippen LogP contribution in [-0.2, 0) is 6.54 Å². The summed E-state index contributed by atoms with van der Waals surface area (Å²) >= 11 is 7.33. The second-order valence-electron chi connectivity index (χ2n) is 4.23. The first-order valence-electron chi connectivity index (χ1n) is 5.90. The predicted octanol–water partition coefficient (Wildman–Crippen LogP) is 3.03. The number of hydrogen-bond donors (Lipinski definition) is 0. The molecule has 5 heteroatoms. The zero-order valence-electron chi connectivity index (χ0n) is 9.99. The molecule has 1 aromatic rings. The molecule has 0 aromatic carbocycles. The van der Waals surface area contributed by atoms with E-state index in [0.717, 1.165) is 36.5 Å². The normalized spacial score (nSPS) is 16.9. The van der Waals surface area contributed by atoms with Gasteiger partial charge in [0.2, 0.25) is 0 Å². The Balaban J connectivity index is 2.16. The second-order valence-corrected chi connectivity index (χ2v) is 5.86. The van der Waals surface area contributed by atoms with E-state index in [1.54, 1.807) is 11.9 Å². The smallest absolute Gasteiger partial charge is 0.181 e. The molecule has 0 saturated carbocycles. The molecule has 94 valence electrons. The highest BCUT2D eigenvalue weighted by atomic mass is 35.5. The molecule has 2 rings (SSSR count). The van der Waals surface area contributed by atoms with Crippen LogP contribution in [0.1, 0.15) is 29.8 Å².